The Bertz CT molecular complexity index is 731. The number of fused-ring (bicyclic) bond motifs is 1. The third-order valence-electron chi connectivity index (χ3n) is 3.41. The van der Waals surface area contributed by atoms with Gasteiger partial charge >= 0.3 is 7.48 Å². The Morgan fingerprint density at radius 2 is 1.80 bits per heavy atom. The van der Waals surface area contributed by atoms with Gasteiger partial charge < -0.3 is 9.92 Å². The van der Waals surface area contributed by atoms with Gasteiger partial charge in [0.25, 0.3) is 0 Å². The van der Waals surface area contributed by atoms with Crippen molar-refractivity contribution in [2.45, 2.75) is 0 Å². The van der Waals surface area contributed by atoms with Gasteiger partial charge in [0.05, 0.1) is 5.52 Å². The van der Waals surface area contributed by atoms with Crippen LogP contribution in [0, 0.1) is 0 Å². The predicted octanol–water partition coefficient (Wildman–Crippen LogP) is 1.97. The fourth-order valence-corrected chi connectivity index (χ4v) is 2.23. The van der Waals surface area contributed by atoms with Gasteiger partial charge in [-0.1, -0.05) is 35.8 Å². The first-order chi connectivity index (χ1) is 9.78. The molecule has 0 atom stereocenters. The van der Waals surface area contributed by atoms with E-state index in [0.29, 0.717) is 0 Å². The van der Waals surface area contributed by atoms with Crippen molar-refractivity contribution >= 4 is 35.4 Å². The SMILES string of the molecule is CN(c1ccccc1)c1ccc2cc(BO)ccc2n1. The molecular formula is C16H15BN2O. The molecule has 0 aliphatic rings. The summed E-state index contributed by atoms with van der Waals surface area (Å²) in [5.41, 5.74) is 2.94. The molecule has 0 fully saturated rings. The molecule has 20 heavy (non-hydrogen) atoms. The van der Waals surface area contributed by atoms with E-state index in [1.165, 1.54) is 0 Å². The van der Waals surface area contributed by atoms with Crippen LogP contribution in [0.2, 0.25) is 0 Å². The number of nitrogens with zero attached hydrogens (tertiary/aromatic N) is 2. The standard InChI is InChI=1S/C16H15BN2O/c1-19(14-5-3-2-4-6-14)16-10-7-12-11-13(17-20)8-9-15(12)18-16/h2-11,17,20H,1H3. The topological polar surface area (TPSA) is 36.4 Å². The molecule has 0 saturated heterocycles. The van der Waals surface area contributed by atoms with Crippen molar-refractivity contribution in [2.75, 3.05) is 11.9 Å². The summed E-state index contributed by atoms with van der Waals surface area (Å²) in [6, 6.07) is 20.0. The number of aromatic nitrogens is 1. The molecule has 3 rings (SSSR count). The van der Waals surface area contributed by atoms with Crippen LogP contribution in [0.1, 0.15) is 0 Å². The summed E-state index contributed by atoms with van der Waals surface area (Å²) >= 11 is 0. The second kappa shape index (κ2) is 5.35. The van der Waals surface area contributed by atoms with Gasteiger partial charge in [0.15, 0.2) is 0 Å². The van der Waals surface area contributed by atoms with Crippen molar-refractivity contribution in [3.8, 4) is 0 Å². The molecule has 0 unspecified atom stereocenters. The molecule has 1 N–H and O–H groups in total. The van der Waals surface area contributed by atoms with Crippen molar-refractivity contribution in [3.63, 3.8) is 0 Å². The number of rotatable bonds is 3. The molecule has 3 nitrogen and oxygen atoms in total. The molecule has 0 aliphatic heterocycles. The summed E-state index contributed by atoms with van der Waals surface area (Å²) in [4.78, 5) is 6.73. The highest BCUT2D eigenvalue weighted by molar-refractivity contribution is 6.45. The summed E-state index contributed by atoms with van der Waals surface area (Å²) in [6.45, 7) is 0. The third kappa shape index (κ3) is 2.38. The average Bonchev–Trinajstić information content (AvgIpc) is 2.54. The van der Waals surface area contributed by atoms with Crippen LogP contribution in [0.15, 0.2) is 60.7 Å². The molecule has 0 aliphatic carbocycles. The number of pyridine rings is 1. The van der Waals surface area contributed by atoms with Crippen LogP contribution >= 0.6 is 0 Å². The maximum Gasteiger partial charge on any atom is 0.304 e. The Kier molecular flexibility index (Phi) is 3.40. The van der Waals surface area contributed by atoms with Gasteiger partial charge in [-0.15, -0.1) is 0 Å². The van der Waals surface area contributed by atoms with E-state index in [2.05, 4.69) is 22.0 Å². The number of hydrogen-bond donors (Lipinski definition) is 1. The van der Waals surface area contributed by atoms with Gasteiger partial charge in [0, 0.05) is 12.7 Å². The zero-order chi connectivity index (χ0) is 13.9. The highest BCUT2D eigenvalue weighted by Crippen LogP contribution is 2.23. The molecule has 0 saturated carbocycles. The molecule has 98 valence electrons. The van der Waals surface area contributed by atoms with Crippen molar-refractivity contribution < 1.29 is 5.02 Å². The Labute approximate surface area is 118 Å². The first kappa shape index (κ1) is 12.7. The van der Waals surface area contributed by atoms with Gasteiger partial charge in [-0.25, -0.2) is 4.98 Å². The first-order valence-corrected chi connectivity index (χ1v) is 6.57. The van der Waals surface area contributed by atoms with E-state index in [9.17, 15) is 0 Å². The van der Waals surface area contributed by atoms with Gasteiger partial charge in [-0.3, -0.25) is 0 Å². The molecule has 0 spiro atoms. The minimum absolute atomic E-state index is 0.0572. The number of para-hydroxylation sites is 1. The molecule has 4 heteroatoms. The molecule has 2 aromatic carbocycles. The van der Waals surface area contributed by atoms with Crippen LogP contribution in [0.5, 0.6) is 0 Å². The van der Waals surface area contributed by atoms with Gasteiger partial charge in [-0.05, 0) is 35.7 Å². The number of anilines is 2. The largest absolute Gasteiger partial charge is 0.449 e. The Hall–Kier alpha value is -2.33. The monoisotopic (exact) mass is 262 g/mol. The van der Waals surface area contributed by atoms with Crippen LogP contribution in [0.4, 0.5) is 11.5 Å². The van der Waals surface area contributed by atoms with Crippen LogP contribution in [0.25, 0.3) is 10.9 Å². The normalized spacial score (nSPS) is 10.5. The summed E-state index contributed by atoms with van der Waals surface area (Å²) in [7, 11) is 2.06. The number of benzene rings is 2. The van der Waals surface area contributed by atoms with E-state index < -0.39 is 0 Å². The molecule has 0 bridgehead atoms. The zero-order valence-electron chi connectivity index (χ0n) is 11.3. The van der Waals surface area contributed by atoms with E-state index in [4.69, 9.17) is 5.02 Å². The fraction of sp³-hybridized carbons (Fsp3) is 0.0625. The quantitative estimate of drug-likeness (QED) is 0.733. The third-order valence-corrected chi connectivity index (χ3v) is 3.41. The minimum atomic E-state index is 0.0572. The van der Waals surface area contributed by atoms with Crippen molar-refractivity contribution in [2.24, 2.45) is 0 Å². The highest BCUT2D eigenvalue weighted by Gasteiger charge is 2.06. The summed E-state index contributed by atoms with van der Waals surface area (Å²) in [5, 5.41) is 10.2. The minimum Gasteiger partial charge on any atom is -0.449 e. The van der Waals surface area contributed by atoms with Gasteiger partial charge in [0.1, 0.15) is 5.82 Å². The lowest BCUT2D eigenvalue weighted by molar-refractivity contribution is 0.615. The number of hydrogen-bond acceptors (Lipinski definition) is 3. The van der Waals surface area contributed by atoms with Crippen LogP contribution in [0.3, 0.4) is 0 Å². The van der Waals surface area contributed by atoms with Crippen LogP contribution < -0.4 is 10.4 Å². The Morgan fingerprint density at radius 1 is 1.00 bits per heavy atom. The second-order valence-electron chi connectivity index (χ2n) is 4.75. The van der Waals surface area contributed by atoms with Gasteiger partial charge in [-0.2, -0.15) is 0 Å². The fourth-order valence-electron chi connectivity index (χ4n) is 2.23. The van der Waals surface area contributed by atoms with E-state index in [1.807, 2.05) is 55.6 Å². The second-order valence-corrected chi connectivity index (χ2v) is 4.75. The lowest BCUT2D eigenvalue weighted by atomic mass is 9.88. The lowest BCUT2D eigenvalue weighted by Gasteiger charge is -2.18. The van der Waals surface area contributed by atoms with Crippen molar-refractivity contribution in [1.82, 2.24) is 4.98 Å². The lowest BCUT2D eigenvalue weighted by Crippen LogP contribution is -2.13. The van der Waals surface area contributed by atoms with Crippen molar-refractivity contribution in [1.29, 1.82) is 0 Å². The maximum absolute atomic E-state index is 9.16. The summed E-state index contributed by atoms with van der Waals surface area (Å²) in [5.74, 6) is 0.903. The molecule has 0 radical (unpaired) electrons. The zero-order valence-corrected chi connectivity index (χ0v) is 11.3. The van der Waals surface area contributed by atoms with E-state index >= 15 is 0 Å². The van der Waals surface area contributed by atoms with Crippen LogP contribution in [-0.4, -0.2) is 24.5 Å². The molecule has 0 amide bonds. The first-order valence-electron chi connectivity index (χ1n) is 6.57. The van der Waals surface area contributed by atoms with Crippen molar-refractivity contribution in [3.05, 3.63) is 60.7 Å². The summed E-state index contributed by atoms with van der Waals surface area (Å²) in [6.07, 6.45) is 0. The molecule has 3 aromatic rings. The van der Waals surface area contributed by atoms with E-state index in [1.54, 1.807) is 0 Å². The van der Waals surface area contributed by atoms with E-state index in [0.717, 1.165) is 27.9 Å². The van der Waals surface area contributed by atoms with Gasteiger partial charge in [0.2, 0.25) is 0 Å². The molecular weight excluding hydrogens is 247 g/mol. The smallest absolute Gasteiger partial charge is 0.304 e. The molecule has 1 heterocycles. The Balaban J connectivity index is 2.01. The average molecular weight is 262 g/mol. The summed E-state index contributed by atoms with van der Waals surface area (Å²) < 4.78 is 0. The highest BCUT2D eigenvalue weighted by atomic mass is 16.2. The van der Waals surface area contributed by atoms with Crippen LogP contribution in [-0.2, 0) is 0 Å². The van der Waals surface area contributed by atoms with E-state index in [-0.39, 0.29) is 7.48 Å². The Morgan fingerprint density at radius 3 is 2.55 bits per heavy atom. The molecule has 1 aromatic heterocycles. The maximum atomic E-state index is 9.16. The predicted molar refractivity (Wildman–Crippen MR) is 85.2 cm³/mol.